The Morgan fingerprint density at radius 3 is 2.55 bits per heavy atom. The Kier molecular flexibility index (Phi) is 3.77. The highest BCUT2D eigenvalue weighted by atomic mass is 35.5. The molecular formula is C17H16ClNS. The fourth-order valence-corrected chi connectivity index (χ4v) is 3.88. The maximum Gasteiger partial charge on any atom is 0.0900 e. The molecule has 1 unspecified atom stereocenters. The maximum atomic E-state index is 6.58. The van der Waals surface area contributed by atoms with Crippen molar-refractivity contribution in [2.45, 2.75) is 25.6 Å². The summed E-state index contributed by atoms with van der Waals surface area (Å²) >= 11 is 8.28. The molecular weight excluding hydrogens is 286 g/mol. The molecule has 3 aromatic rings. The fourth-order valence-electron chi connectivity index (χ4n) is 2.50. The molecule has 0 bridgehead atoms. The van der Waals surface area contributed by atoms with Gasteiger partial charge in [0, 0.05) is 4.88 Å². The lowest BCUT2D eigenvalue weighted by Gasteiger charge is -2.09. The lowest BCUT2D eigenvalue weighted by Crippen LogP contribution is -1.95. The molecule has 0 aliphatic heterocycles. The minimum absolute atomic E-state index is 0.00219. The molecule has 1 nitrogen and oxygen atoms in total. The Morgan fingerprint density at radius 2 is 1.85 bits per heavy atom. The van der Waals surface area contributed by atoms with E-state index in [-0.39, 0.29) is 5.38 Å². The van der Waals surface area contributed by atoms with Crippen molar-refractivity contribution in [3.05, 3.63) is 63.6 Å². The van der Waals surface area contributed by atoms with Gasteiger partial charge in [-0.15, -0.1) is 22.9 Å². The molecule has 1 atom stereocenters. The largest absolute Gasteiger partial charge is 0.247 e. The van der Waals surface area contributed by atoms with Crippen molar-refractivity contribution in [3.63, 3.8) is 0 Å². The molecule has 3 rings (SSSR count). The number of thiazole rings is 1. The Labute approximate surface area is 128 Å². The van der Waals surface area contributed by atoms with E-state index in [1.165, 1.54) is 21.2 Å². The number of alkyl halides is 1. The van der Waals surface area contributed by atoms with E-state index < -0.39 is 0 Å². The second-order valence-electron chi connectivity index (χ2n) is 5.04. The van der Waals surface area contributed by atoms with Gasteiger partial charge in [-0.05, 0) is 36.6 Å². The van der Waals surface area contributed by atoms with Crippen LogP contribution in [0, 0.1) is 13.8 Å². The van der Waals surface area contributed by atoms with Crippen molar-refractivity contribution < 1.29 is 0 Å². The number of benzene rings is 2. The fraction of sp³-hybridized carbons (Fsp3) is 0.235. The van der Waals surface area contributed by atoms with Crippen LogP contribution in [0.3, 0.4) is 0 Å². The lowest BCUT2D eigenvalue weighted by atomic mass is 10.0. The van der Waals surface area contributed by atoms with Crippen molar-refractivity contribution >= 4 is 33.7 Å². The molecule has 1 aromatic heterocycles. The molecule has 0 spiro atoms. The van der Waals surface area contributed by atoms with Gasteiger partial charge in [-0.25, -0.2) is 4.98 Å². The average molecular weight is 302 g/mol. The summed E-state index contributed by atoms with van der Waals surface area (Å²) in [7, 11) is 0. The first-order valence-electron chi connectivity index (χ1n) is 6.69. The molecule has 0 saturated carbocycles. The van der Waals surface area contributed by atoms with E-state index in [1.54, 1.807) is 11.3 Å². The van der Waals surface area contributed by atoms with Crippen molar-refractivity contribution in [1.82, 2.24) is 4.98 Å². The third kappa shape index (κ3) is 2.72. The van der Waals surface area contributed by atoms with Crippen LogP contribution >= 0.6 is 22.9 Å². The van der Waals surface area contributed by atoms with Gasteiger partial charge in [0.25, 0.3) is 0 Å². The normalized spacial score (nSPS) is 12.8. The van der Waals surface area contributed by atoms with E-state index in [2.05, 4.69) is 47.4 Å². The van der Waals surface area contributed by atoms with Crippen LogP contribution in [0.1, 0.15) is 26.5 Å². The van der Waals surface area contributed by atoms with Gasteiger partial charge in [0.2, 0.25) is 0 Å². The molecule has 1 heterocycles. The molecule has 0 N–H and O–H groups in total. The summed E-state index contributed by atoms with van der Waals surface area (Å²) in [6.07, 6.45) is 0.842. The van der Waals surface area contributed by atoms with Gasteiger partial charge in [0.05, 0.1) is 16.1 Å². The molecule has 0 amide bonds. The van der Waals surface area contributed by atoms with E-state index in [9.17, 15) is 0 Å². The van der Waals surface area contributed by atoms with Crippen LogP contribution < -0.4 is 0 Å². The molecule has 0 aliphatic rings. The van der Waals surface area contributed by atoms with Gasteiger partial charge in [0.1, 0.15) is 0 Å². The first-order chi connectivity index (χ1) is 9.63. The van der Waals surface area contributed by atoms with E-state index in [1.807, 2.05) is 13.8 Å². The van der Waals surface area contributed by atoms with Crippen LogP contribution in [0.15, 0.2) is 42.5 Å². The topological polar surface area (TPSA) is 12.9 Å². The number of nitrogens with zero attached hydrogens (tertiary/aromatic N) is 1. The minimum atomic E-state index is 0.00219. The summed E-state index contributed by atoms with van der Waals surface area (Å²) in [4.78, 5) is 5.65. The van der Waals surface area contributed by atoms with Crippen LogP contribution in [0.25, 0.3) is 10.8 Å². The average Bonchev–Trinajstić information content (AvgIpc) is 2.78. The van der Waals surface area contributed by atoms with Crippen LogP contribution in [-0.2, 0) is 6.42 Å². The summed E-state index contributed by atoms with van der Waals surface area (Å²) in [6, 6.07) is 15.0. The van der Waals surface area contributed by atoms with Crippen LogP contribution in [0.2, 0.25) is 0 Å². The molecule has 0 saturated heterocycles. The smallest absolute Gasteiger partial charge is 0.0900 e. The van der Waals surface area contributed by atoms with Crippen LogP contribution in [0.5, 0.6) is 0 Å². The Balaban J connectivity index is 1.87. The van der Waals surface area contributed by atoms with E-state index in [4.69, 9.17) is 11.6 Å². The Bertz CT molecular complexity index is 748. The monoisotopic (exact) mass is 301 g/mol. The van der Waals surface area contributed by atoms with Gasteiger partial charge in [-0.2, -0.15) is 0 Å². The highest BCUT2D eigenvalue weighted by molar-refractivity contribution is 7.12. The zero-order chi connectivity index (χ0) is 14.1. The van der Waals surface area contributed by atoms with Gasteiger partial charge < -0.3 is 0 Å². The Hall–Kier alpha value is -1.38. The predicted octanol–water partition coefficient (Wildman–Crippen LogP) is 5.44. The summed E-state index contributed by atoms with van der Waals surface area (Å²) in [5.41, 5.74) is 2.34. The zero-order valence-corrected chi connectivity index (χ0v) is 13.1. The third-order valence-corrected chi connectivity index (χ3v) is 5.14. The van der Waals surface area contributed by atoms with Crippen molar-refractivity contribution in [3.8, 4) is 0 Å². The van der Waals surface area contributed by atoms with Gasteiger partial charge >= 0.3 is 0 Å². The lowest BCUT2D eigenvalue weighted by molar-refractivity contribution is 0.924. The molecule has 0 radical (unpaired) electrons. The molecule has 0 aliphatic carbocycles. The highest BCUT2D eigenvalue weighted by Crippen LogP contribution is 2.32. The van der Waals surface area contributed by atoms with E-state index in [0.717, 1.165) is 17.1 Å². The zero-order valence-electron chi connectivity index (χ0n) is 11.6. The van der Waals surface area contributed by atoms with Gasteiger partial charge in [0.15, 0.2) is 0 Å². The van der Waals surface area contributed by atoms with Gasteiger partial charge in [-0.3, -0.25) is 0 Å². The summed E-state index contributed by atoms with van der Waals surface area (Å²) in [6.45, 7) is 4.06. The SMILES string of the molecule is Cc1nc(C)c(C(Cl)Cc2ccc3ccccc3c2)s1. The van der Waals surface area contributed by atoms with Crippen molar-refractivity contribution in [2.24, 2.45) is 0 Å². The Morgan fingerprint density at radius 1 is 1.10 bits per heavy atom. The molecule has 0 fully saturated rings. The highest BCUT2D eigenvalue weighted by Gasteiger charge is 2.15. The van der Waals surface area contributed by atoms with E-state index >= 15 is 0 Å². The summed E-state index contributed by atoms with van der Waals surface area (Å²) in [5.74, 6) is 0. The number of aryl methyl sites for hydroxylation is 2. The molecule has 2 aromatic carbocycles. The van der Waals surface area contributed by atoms with Crippen molar-refractivity contribution in [2.75, 3.05) is 0 Å². The van der Waals surface area contributed by atoms with Crippen molar-refractivity contribution in [1.29, 1.82) is 0 Å². The molecule has 20 heavy (non-hydrogen) atoms. The quantitative estimate of drug-likeness (QED) is 0.587. The minimum Gasteiger partial charge on any atom is -0.247 e. The summed E-state index contributed by atoms with van der Waals surface area (Å²) in [5, 5.41) is 3.63. The number of halogens is 1. The first-order valence-corrected chi connectivity index (χ1v) is 7.94. The second kappa shape index (κ2) is 5.55. The number of hydrogen-bond donors (Lipinski definition) is 0. The van der Waals surface area contributed by atoms with Gasteiger partial charge in [-0.1, -0.05) is 42.5 Å². The molecule has 3 heteroatoms. The standard InChI is InChI=1S/C17H16ClNS/c1-11-17(20-12(2)19-11)16(18)10-13-7-8-14-5-3-4-6-15(14)9-13/h3-9,16H,10H2,1-2H3. The summed E-state index contributed by atoms with van der Waals surface area (Å²) < 4.78 is 0. The number of fused-ring (bicyclic) bond motifs is 1. The maximum absolute atomic E-state index is 6.58. The second-order valence-corrected chi connectivity index (χ2v) is 6.80. The van der Waals surface area contributed by atoms with E-state index in [0.29, 0.717) is 0 Å². The number of hydrogen-bond acceptors (Lipinski definition) is 2. The number of rotatable bonds is 3. The molecule has 102 valence electrons. The predicted molar refractivity (Wildman–Crippen MR) is 87.8 cm³/mol. The third-order valence-electron chi connectivity index (χ3n) is 3.45. The van der Waals surface area contributed by atoms with Crippen LogP contribution in [-0.4, -0.2) is 4.98 Å². The first kappa shape index (κ1) is 13.6. The number of aromatic nitrogens is 1. The van der Waals surface area contributed by atoms with Crippen LogP contribution in [0.4, 0.5) is 0 Å².